The van der Waals surface area contributed by atoms with Gasteiger partial charge in [0.1, 0.15) is 0 Å². The summed E-state index contributed by atoms with van der Waals surface area (Å²) in [5, 5.41) is 9.77. The maximum Gasteiger partial charge on any atom is 0.336 e. The second-order valence-corrected chi connectivity index (χ2v) is 9.49. The highest BCUT2D eigenvalue weighted by atomic mass is 16.4. The van der Waals surface area contributed by atoms with Gasteiger partial charge in [0, 0.05) is 0 Å². The first-order valence-electron chi connectivity index (χ1n) is 12.8. The Morgan fingerprint density at radius 3 is 2.34 bits per heavy atom. The Hall–Kier alpha value is -2.35. The van der Waals surface area contributed by atoms with E-state index in [4.69, 9.17) is 0 Å². The molecule has 0 aliphatic heterocycles. The van der Waals surface area contributed by atoms with Crippen molar-refractivity contribution in [3.8, 4) is 11.1 Å². The second-order valence-electron chi connectivity index (χ2n) is 9.49. The first-order valence-corrected chi connectivity index (χ1v) is 12.8. The Morgan fingerprint density at radius 1 is 0.938 bits per heavy atom. The zero-order chi connectivity index (χ0) is 22.8. The Bertz CT molecular complexity index is 870. The number of benzene rings is 2. The van der Waals surface area contributed by atoms with Gasteiger partial charge in [-0.15, -0.1) is 0 Å². The molecule has 2 aromatic carbocycles. The van der Waals surface area contributed by atoms with Gasteiger partial charge in [-0.2, -0.15) is 0 Å². The van der Waals surface area contributed by atoms with Crippen LogP contribution in [0, 0.1) is 5.92 Å². The third-order valence-corrected chi connectivity index (χ3v) is 7.05. The fourth-order valence-corrected chi connectivity index (χ4v) is 5.12. The molecule has 0 aromatic heterocycles. The number of carboxylic acid groups (broad SMARTS) is 1. The van der Waals surface area contributed by atoms with E-state index in [0.717, 1.165) is 23.5 Å². The lowest BCUT2D eigenvalue weighted by atomic mass is 9.76. The van der Waals surface area contributed by atoms with Gasteiger partial charge in [0.2, 0.25) is 0 Å². The van der Waals surface area contributed by atoms with Crippen molar-refractivity contribution >= 4 is 12.0 Å². The lowest BCUT2D eigenvalue weighted by Crippen LogP contribution is -2.13. The van der Waals surface area contributed by atoms with E-state index in [1.807, 2.05) is 12.1 Å². The maximum atomic E-state index is 11.9. The van der Waals surface area contributed by atoms with E-state index in [0.29, 0.717) is 11.5 Å². The molecule has 0 unspecified atom stereocenters. The van der Waals surface area contributed by atoms with Crippen molar-refractivity contribution in [2.75, 3.05) is 0 Å². The first kappa shape index (κ1) is 24.3. The highest BCUT2D eigenvalue weighted by Crippen LogP contribution is 2.39. The van der Waals surface area contributed by atoms with E-state index in [1.54, 1.807) is 0 Å². The molecule has 1 aliphatic rings. The SMILES string of the molecule is CCCCCCC=Cc1ccc(-c2cc(C3CCC(CCC)CC3)ccc2C(=O)O)cc1. The van der Waals surface area contributed by atoms with Gasteiger partial charge in [0.05, 0.1) is 5.56 Å². The number of aromatic carboxylic acids is 1. The van der Waals surface area contributed by atoms with Crippen LogP contribution in [0.15, 0.2) is 48.5 Å². The smallest absolute Gasteiger partial charge is 0.336 e. The molecule has 1 aliphatic carbocycles. The molecule has 0 amide bonds. The molecule has 0 saturated heterocycles. The van der Waals surface area contributed by atoms with E-state index < -0.39 is 5.97 Å². The van der Waals surface area contributed by atoms with Crippen LogP contribution in [0.3, 0.4) is 0 Å². The van der Waals surface area contributed by atoms with Crippen molar-refractivity contribution in [3.05, 3.63) is 65.2 Å². The lowest BCUT2D eigenvalue weighted by molar-refractivity contribution is 0.0697. The van der Waals surface area contributed by atoms with E-state index in [2.05, 4.69) is 56.3 Å². The van der Waals surface area contributed by atoms with Crippen LogP contribution < -0.4 is 0 Å². The van der Waals surface area contributed by atoms with Gasteiger partial charge in [-0.05, 0) is 78.7 Å². The third-order valence-electron chi connectivity index (χ3n) is 7.05. The first-order chi connectivity index (χ1) is 15.6. The predicted octanol–water partition coefficient (Wildman–Crippen LogP) is 9.11. The van der Waals surface area contributed by atoms with E-state index in [-0.39, 0.29) is 0 Å². The quantitative estimate of drug-likeness (QED) is 0.359. The maximum absolute atomic E-state index is 11.9. The molecule has 2 heteroatoms. The minimum absolute atomic E-state index is 0.396. The number of allylic oxidation sites excluding steroid dienone is 1. The van der Waals surface area contributed by atoms with Crippen LogP contribution in [0.2, 0.25) is 0 Å². The summed E-state index contributed by atoms with van der Waals surface area (Å²) < 4.78 is 0. The molecule has 1 fully saturated rings. The van der Waals surface area contributed by atoms with Gasteiger partial charge in [-0.1, -0.05) is 94.5 Å². The van der Waals surface area contributed by atoms with Gasteiger partial charge in [-0.3, -0.25) is 0 Å². The molecular weight excluding hydrogens is 392 g/mol. The third kappa shape index (κ3) is 6.82. The van der Waals surface area contributed by atoms with E-state index in [1.165, 1.54) is 75.3 Å². The van der Waals surface area contributed by atoms with Gasteiger partial charge in [-0.25, -0.2) is 4.79 Å². The Kier molecular flexibility index (Phi) is 9.59. The molecule has 2 nitrogen and oxygen atoms in total. The van der Waals surface area contributed by atoms with E-state index >= 15 is 0 Å². The summed E-state index contributed by atoms with van der Waals surface area (Å²) >= 11 is 0. The van der Waals surface area contributed by atoms with Crippen LogP contribution >= 0.6 is 0 Å². The van der Waals surface area contributed by atoms with Crippen molar-refractivity contribution < 1.29 is 9.90 Å². The Balaban J connectivity index is 1.72. The molecule has 1 N–H and O–H groups in total. The van der Waals surface area contributed by atoms with Crippen LogP contribution in [0.5, 0.6) is 0 Å². The number of unbranched alkanes of at least 4 members (excludes halogenated alkanes) is 4. The number of rotatable bonds is 11. The van der Waals surface area contributed by atoms with Crippen LogP contribution in [0.4, 0.5) is 0 Å². The average molecular weight is 433 g/mol. The van der Waals surface area contributed by atoms with Gasteiger partial charge < -0.3 is 5.11 Å². The largest absolute Gasteiger partial charge is 0.478 e. The average Bonchev–Trinajstić information content (AvgIpc) is 2.82. The molecule has 0 atom stereocenters. The van der Waals surface area contributed by atoms with Crippen LogP contribution in [-0.4, -0.2) is 11.1 Å². The number of hydrogen-bond acceptors (Lipinski definition) is 1. The highest BCUT2D eigenvalue weighted by molar-refractivity contribution is 5.96. The number of hydrogen-bond donors (Lipinski definition) is 1. The van der Waals surface area contributed by atoms with Crippen LogP contribution in [0.1, 0.15) is 112 Å². The summed E-state index contributed by atoms with van der Waals surface area (Å²) in [6.45, 7) is 4.51. The normalized spacial score (nSPS) is 18.8. The Labute approximate surface area is 194 Å². The molecule has 0 radical (unpaired) electrons. The van der Waals surface area contributed by atoms with Gasteiger partial charge in [0.25, 0.3) is 0 Å². The monoisotopic (exact) mass is 432 g/mol. The molecule has 0 spiro atoms. The van der Waals surface area contributed by atoms with Crippen molar-refractivity contribution in [2.45, 2.75) is 90.4 Å². The topological polar surface area (TPSA) is 37.3 Å². The van der Waals surface area contributed by atoms with Crippen molar-refractivity contribution in [1.82, 2.24) is 0 Å². The minimum Gasteiger partial charge on any atom is -0.478 e. The molecule has 2 aromatic rings. The summed E-state index contributed by atoms with van der Waals surface area (Å²) in [6.07, 6.45) is 18.3. The van der Waals surface area contributed by atoms with Gasteiger partial charge >= 0.3 is 5.97 Å². The van der Waals surface area contributed by atoms with Crippen LogP contribution in [0.25, 0.3) is 17.2 Å². The molecule has 172 valence electrons. The number of carboxylic acids is 1. The summed E-state index contributed by atoms with van der Waals surface area (Å²) in [7, 11) is 0. The summed E-state index contributed by atoms with van der Waals surface area (Å²) in [4.78, 5) is 11.9. The summed E-state index contributed by atoms with van der Waals surface area (Å²) in [5.41, 5.74) is 4.71. The summed E-state index contributed by atoms with van der Waals surface area (Å²) in [5.74, 6) is 0.579. The van der Waals surface area contributed by atoms with Crippen molar-refractivity contribution in [2.24, 2.45) is 5.92 Å². The molecule has 3 rings (SSSR count). The molecule has 1 saturated carbocycles. The zero-order valence-electron chi connectivity index (χ0n) is 20.0. The highest BCUT2D eigenvalue weighted by Gasteiger charge is 2.23. The second kappa shape index (κ2) is 12.6. The Morgan fingerprint density at radius 2 is 1.69 bits per heavy atom. The standard InChI is InChI=1S/C30H40O2/c1-3-5-6-7-8-9-11-24-14-18-26(19-15-24)29-22-27(20-21-28(29)30(31)32)25-16-12-23(10-4-2)13-17-25/h9,11,14-15,18-23,25H,3-8,10,12-13,16-17H2,1-2H3,(H,31,32). The molecule has 32 heavy (non-hydrogen) atoms. The fourth-order valence-electron chi connectivity index (χ4n) is 5.12. The van der Waals surface area contributed by atoms with Gasteiger partial charge in [0.15, 0.2) is 0 Å². The minimum atomic E-state index is -0.853. The fraction of sp³-hybridized carbons (Fsp3) is 0.500. The molecule has 0 heterocycles. The molecular formula is C30H40O2. The summed E-state index contributed by atoms with van der Waals surface area (Å²) in [6, 6.07) is 14.4. The van der Waals surface area contributed by atoms with Crippen LogP contribution in [-0.2, 0) is 0 Å². The van der Waals surface area contributed by atoms with Crippen molar-refractivity contribution in [3.63, 3.8) is 0 Å². The predicted molar refractivity (Wildman–Crippen MR) is 136 cm³/mol. The van der Waals surface area contributed by atoms with E-state index in [9.17, 15) is 9.90 Å². The number of carbonyl (C=O) groups is 1. The lowest BCUT2D eigenvalue weighted by Gasteiger charge is -2.29. The van der Waals surface area contributed by atoms with Crippen molar-refractivity contribution in [1.29, 1.82) is 0 Å². The zero-order valence-corrected chi connectivity index (χ0v) is 20.0. The molecule has 0 bridgehead atoms.